The lowest BCUT2D eigenvalue weighted by atomic mass is 10.1. The fourth-order valence-electron chi connectivity index (χ4n) is 2.43. The lowest BCUT2D eigenvalue weighted by Gasteiger charge is -2.24. The number of rotatable bonds is 4. The number of nitrogens with zero attached hydrogens (tertiary/aromatic N) is 2. The quantitative estimate of drug-likeness (QED) is 0.849. The average Bonchev–Trinajstić information content (AvgIpc) is 3.21. The first-order valence-electron chi connectivity index (χ1n) is 6.44. The summed E-state index contributed by atoms with van der Waals surface area (Å²) in [6.07, 6.45) is 2.23. The van der Waals surface area contributed by atoms with Gasteiger partial charge in [-0.3, -0.25) is 9.59 Å². The number of fused-ring (bicyclic) bond motifs is 1. The van der Waals surface area contributed by atoms with E-state index in [0.29, 0.717) is 24.3 Å². The standard InChI is InChI=1S/C14H12FN3O2/c15-10-6-9-11(17-14(20)13(9)19)7-12(10)18(5-1-4-16)8-2-3-8/h6-8H,1-3,5H2,(H,17,19,20). The molecule has 1 amide bonds. The summed E-state index contributed by atoms with van der Waals surface area (Å²) >= 11 is 0. The van der Waals surface area contributed by atoms with Gasteiger partial charge in [0.15, 0.2) is 0 Å². The van der Waals surface area contributed by atoms with E-state index in [2.05, 4.69) is 5.32 Å². The Kier molecular flexibility index (Phi) is 2.90. The number of nitriles is 1. The van der Waals surface area contributed by atoms with Crippen LogP contribution in [0.25, 0.3) is 0 Å². The minimum Gasteiger partial charge on any atom is -0.365 e. The van der Waals surface area contributed by atoms with Gasteiger partial charge in [-0.05, 0) is 25.0 Å². The fraction of sp³-hybridized carbons (Fsp3) is 0.357. The first-order valence-corrected chi connectivity index (χ1v) is 6.44. The predicted octanol–water partition coefficient (Wildman–Crippen LogP) is 1.84. The molecular formula is C14H12FN3O2. The third kappa shape index (κ3) is 2.01. The van der Waals surface area contributed by atoms with Crippen LogP contribution < -0.4 is 10.2 Å². The van der Waals surface area contributed by atoms with E-state index in [1.165, 1.54) is 6.07 Å². The summed E-state index contributed by atoms with van der Waals surface area (Å²) in [7, 11) is 0. The van der Waals surface area contributed by atoms with Crippen molar-refractivity contribution in [2.75, 3.05) is 16.8 Å². The number of anilines is 2. The highest BCUT2D eigenvalue weighted by Crippen LogP contribution is 2.37. The number of hydrogen-bond acceptors (Lipinski definition) is 4. The minimum absolute atomic E-state index is 0.0762. The maximum absolute atomic E-state index is 14.2. The highest BCUT2D eigenvalue weighted by atomic mass is 19.1. The smallest absolute Gasteiger partial charge is 0.296 e. The van der Waals surface area contributed by atoms with Gasteiger partial charge >= 0.3 is 0 Å². The van der Waals surface area contributed by atoms with Crippen molar-refractivity contribution in [2.24, 2.45) is 0 Å². The van der Waals surface area contributed by atoms with E-state index in [1.807, 2.05) is 11.0 Å². The van der Waals surface area contributed by atoms with Gasteiger partial charge in [0.2, 0.25) is 0 Å². The van der Waals surface area contributed by atoms with Crippen molar-refractivity contribution in [1.82, 2.24) is 0 Å². The first kappa shape index (κ1) is 12.6. The zero-order chi connectivity index (χ0) is 14.3. The van der Waals surface area contributed by atoms with E-state index >= 15 is 0 Å². The van der Waals surface area contributed by atoms with Crippen LogP contribution in [0.3, 0.4) is 0 Å². The van der Waals surface area contributed by atoms with Crippen molar-refractivity contribution in [1.29, 1.82) is 5.26 Å². The van der Waals surface area contributed by atoms with Crippen molar-refractivity contribution >= 4 is 23.1 Å². The first-order chi connectivity index (χ1) is 9.61. The molecule has 5 nitrogen and oxygen atoms in total. The Balaban J connectivity index is 1.98. The topological polar surface area (TPSA) is 73.2 Å². The molecular weight excluding hydrogens is 261 g/mol. The number of benzene rings is 1. The number of ketones is 1. The summed E-state index contributed by atoms with van der Waals surface area (Å²) in [4.78, 5) is 24.7. The van der Waals surface area contributed by atoms with E-state index in [9.17, 15) is 14.0 Å². The molecule has 1 N–H and O–H groups in total. The molecule has 1 aliphatic heterocycles. The number of carbonyl (C=O) groups is 2. The normalized spacial score (nSPS) is 16.6. The van der Waals surface area contributed by atoms with Crippen LogP contribution in [0.2, 0.25) is 0 Å². The Bertz CT molecular complexity index is 647. The number of carbonyl (C=O) groups excluding carboxylic acids is 2. The molecule has 1 aliphatic carbocycles. The monoisotopic (exact) mass is 273 g/mol. The maximum atomic E-state index is 14.2. The lowest BCUT2D eigenvalue weighted by molar-refractivity contribution is -0.112. The van der Waals surface area contributed by atoms with Gasteiger partial charge in [0, 0.05) is 12.6 Å². The summed E-state index contributed by atoms with van der Waals surface area (Å²) in [5.74, 6) is -1.97. The van der Waals surface area contributed by atoms with Crippen molar-refractivity contribution in [3.05, 3.63) is 23.5 Å². The van der Waals surface area contributed by atoms with Crippen molar-refractivity contribution in [3.63, 3.8) is 0 Å². The molecule has 2 aliphatic rings. The molecule has 6 heteroatoms. The van der Waals surface area contributed by atoms with E-state index in [4.69, 9.17) is 5.26 Å². The van der Waals surface area contributed by atoms with Crippen LogP contribution in [0, 0.1) is 17.1 Å². The predicted molar refractivity (Wildman–Crippen MR) is 70.0 cm³/mol. The van der Waals surface area contributed by atoms with Gasteiger partial charge in [0.25, 0.3) is 11.7 Å². The molecule has 0 radical (unpaired) electrons. The summed E-state index contributed by atoms with van der Waals surface area (Å²) in [5.41, 5.74) is 0.766. The molecule has 1 aromatic rings. The van der Waals surface area contributed by atoms with Gasteiger partial charge < -0.3 is 10.2 Å². The fourth-order valence-corrected chi connectivity index (χ4v) is 2.43. The molecule has 0 unspecified atom stereocenters. The zero-order valence-corrected chi connectivity index (χ0v) is 10.6. The number of nitrogens with one attached hydrogen (secondary N) is 1. The van der Waals surface area contributed by atoms with Gasteiger partial charge in [0.1, 0.15) is 5.82 Å². The van der Waals surface area contributed by atoms with Gasteiger partial charge in [-0.15, -0.1) is 0 Å². The molecule has 0 bridgehead atoms. The van der Waals surface area contributed by atoms with E-state index in [-0.39, 0.29) is 11.6 Å². The number of hydrogen-bond donors (Lipinski definition) is 1. The third-order valence-electron chi connectivity index (χ3n) is 3.55. The van der Waals surface area contributed by atoms with Crippen molar-refractivity contribution in [2.45, 2.75) is 25.3 Å². The Hall–Kier alpha value is -2.42. The Morgan fingerprint density at radius 1 is 1.40 bits per heavy atom. The Labute approximate surface area is 115 Å². The highest BCUT2D eigenvalue weighted by Gasteiger charge is 2.34. The minimum atomic E-state index is -0.730. The number of Topliss-reactive ketones (excluding diaryl/α,β-unsaturated/α-hetero) is 1. The molecule has 20 heavy (non-hydrogen) atoms. The van der Waals surface area contributed by atoms with Gasteiger partial charge in [-0.1, -0.05) is 0 Å². The molecule has 0 saturated heterocycles. The summed E-state index contributed by atoms with van der Waals surface area (Å²) < 4.78 is 14.2. The Morgan fingerprint density at radius 2 is 2.15 bits per heavy atom. The molecule has 3 rings (SSSR count). The second kappa shape index (κ2) is 4.60. The maximum Gasteiger partial charge on any atom is 0.296 e. The second-order valence-electron chi connectivity index (χ2n) is 4.97. The largest absolute Gasteiger partial charge is 0.365 e. The van der Waals surface area contributed by atoms with Crippen LogP contribution >= 0.6 is 0 Å². The number of halogens is 1. The summed E-state index contributed by atoms with van der Waals surface area (Å²) in [6, 6.07) is 4.88. The van der Waals surface area contributed by atoms with E-state index < -0.39 is 17.5 Å². The highest BCUT2D eigenvalue weighted by molar-refractivity contribution is 6.51. The van der Waals surface area contributed by atoms with Gasteiger partial charge in [0.05, 0.1) is 29.4 Å². The second-order valence-corrected chi connectivity index (χ2v) is 4.97. The molecule has 0 aromatic heterocycles. The molecule has 0 atom stereocenters. The summed E-state index contributed by atoms with van der Waals surface area (Å²) in [5, 5.41) is 11.1. The van der Waals surface area contributed by atoms with E-state index in [1.54, 1.807) is 0 Å². The van der Waals surface area contributed by atoms with Gasteiger partial charge in [-0.2, -0.15) is 5.26 Å². The molecule has 0 spiro atoms. The van der Waals surface area contributed by atoms with Crippen LogP contribution in [0.5, 0.6) is 0 Å². The van der Waals surface area contributed by atoms with Crippen LogP contribution in [-0.4, -0.2) is 24.3 Å². The van der Waals surface area contributed by atoms with Crippen LogP contribution in [0.4, 0.5) is 15.8 Å². The molecule has 102 valence electrons. The summed E-state index contributed by atoms with van der Waals surface area (Å²) in [6.45, 7) is 0.443. The van der Waals surface area contributed by atoms with Crippen molar-refractivity contribution < 1.29 is 14.0 Å². The average molecular weight is 273 g/mol. The molecule has 1 saturated carbocycles. The zero-order valence-electron chi connectivity index (χ0n) is 10.6. The Morgan fingerprint density at radius 3 is 2.80 bits per heavy atom. The van der Waals surface area contributed by atoms with E-state index in [0.717, 1.165) is 18.9 Å². The number of amides is 1. The van der Waals surface area contributed by atoms with Crippen LogP contribution in [-0.2, 0) is 4.79 Å². The molecule has 1 aromatic carbocycles. The van der Waals surface area contributed by atoms with Gasteiger partial charge in [-0.25, -0.2) is 4.39 Å². The van der Waals surface area contributed by atoms with Crippen LogP contribution in [0.15, 0.2) is 12.1 Å². The SMILES string of the molecule is N#CCCN(c1cc2c(cc1F)C(=O)C(=O)N2)C1CC1. The van der Waals surface area contributed by atoms with Crippen LogP contribution in [0.1, 0.15) is 29.6 Å². The lowest BCUT2D eigenvalue weighted by Crippen LogP contribution is -2.27. The third-order valence-corrected chi connectivity index (χ3v) is 3.55. The molecule has 1 fully saturated rings. The van der Waals surface area contributed by atoms with Crippen molar-refractivity contribution in [3.8, 4) is 6.07 Å². The molecule has 1 heterocycles.